The van der Waals surface area contributed by atoms with E-state index in [0.717, 1.165) is 62.3 Å². The Bertz CT molecular complexity index is 1610. The molecule has 3 heterocycles. The van der Waals surface area contributed by atoms with E-state index in [1.807, 2.05) is 36.9 Å². The number of aromatic nitrogens is 2. The van der Waals surface area contributed by atoms with Gasteiger partial charge in [-0.1, -0.05) is 38.1 Å². The molecule has 3 aromatic rings. The molecule has 0 radical (unpaired) electrons. The fraction of sp³-hybridized carbons (Fsp3) is 0.485. The molecule has 3 aliphatic rings. The van der Waals surface area contributed by atoms with Crippen LogP contribution in [0.4, 0.5) is 5.95 Å². The summed E-state index contributed by atoms with van der Waals surface area (Å²) in [4.78, 5) is 27.8. The summed E-state index contributed by atoms with van der Waals surface area (Å²) in [5.74, 6) is 0.280. The molecule has 4 bridgehead atoms. The third kappa shape index (κ3) is 6.31. The molecule has 0 unspecified atom stereocenters. The van der Waals surface area contributed by atoms with Gasteiger partial charge in [-0.3, -0.25) is 9.69 Å². The Hall–Kier alpha value is -3.54. The lowest BCUT2D eigenvalue weighted by atomic mass is 9.82. The molecule has 11 heteroatoms. The molecule has 10 nitrogen and oxygen atoms in total. The highest BCUT2D eigenvalue weighted by Gasteiger charge is 2.43. The van der Waals surface area contributed by atoms with E-state index in [1.165, 1.54) is 12.1 Å². The molecular weight excluding hydrogens is 578 g/mol. The number of anilines is 1. The molecule has 234 valence electrons. The van der Waals surface area contributed by atoms with Gasteiger partial charge in [-0.05, 0) is 68.4 Å². The highest BCUT2D eigenvalue weighted by Crippen LogP contribution is 2.35. The average Bonchev–Trinajstić information content (AvgIpc) is 2.96. The van der Waals surface area contributed by atoms with Crippen LogP contribution in [0.3, 0.4) is 0 Å². The van der Waals surface area contributed by atoms with Crippen LogP contribution in [0.2, 0.25) is 0 Å². The van der Waals surface area contributed by atoms with E-state index in [0.29, 0.717) is 23.2 Å². The quantitative estimate of drug-likeness (QED) is 0.438. The number of sulfonamides is 1. The first-order valence-electron chi connectivity index (χ1n) is 15.4. The van der Waals surface area contributed by atoms with Crippen molar-refractivity contribution in [2.45, 2.75) is 70.0 Å². The summed E-state index contributed by atoms with van der Waals surface area (Å²) in [6.07, 6.45) is 2.44. The Morgan fingerprint density at radius 3 is 2.39 bits per heavy atom. The maximum Gasteiger partial charge on any atom is 0.264 e. The summed E-state index contributed by atoms with van der Waals surface area (Å²) in [6.45, 7) is 11.7. The zero-order chi connectivity index (χ0) is 31.0. The molecule has 1 saturated carbocycles. The van der Waals surface area contributed by atoms with Crippen molar-refractivity contribution in [2.75, 3.05) is 37.6 Å². The number of ether oxygens (including phenoxy) is 2. The van der Waals surface area contributed by atoms with Crippen LogP contribution in [0.15, 0.2) is 53.4 Å². The molecule has 0 spiro atoms. The monoisotopic (exact) mass is 619 g/mol. The van der Waals surface area contributed by atoms with Crippen LogP contribution in [-0.4, -0.2) is 85.1 Å². The van der Waals surface area contributed by atoms with Gasteiger partial charge in [0.05, 0.1) is 29.8 Å². The maximum absolute atomic E-state index is 14.3. The zero-order valence-electron chi connectivity index (χ0n) is 25.8. The second-order valence-corrected chi connectivity index (χ2v) is 14.2. The van der Waals surface area contributed by atoms with Crippen LogP contribution in [0, 0.1) is 19.8 Å². The normalized spacial score (nSPS) is 23.9. The Labute approximate surface area is 259 Å². The van der Waals surface area contributed by atoms with Crippen molar-refractivity contribution in [3.63, 3.8) is 0 Å². The number of benzene rings is 2. The van der Waals surface area contributed by atoms with Gasteiger partial charge in [-0.25, -0.2) is 18.1 Å². The second-order valence-electron chi connectivity index (χ2n) is 12.5. The number of aryl methyl sites for hydroxylation is 2. The van der Waals surface area contributed by atoms with Gasteiger partial charge < -0.3 is 14.4 Å². The van der Waals surface area contributed by atoms with Crippen molar-refractivity contribution >= 4 is 21.9 Å². The van der Waals surface area contributed by atoms with Crippen molar-refractivity contribution in [1.82, 2.24) is 19.8 Å². The largest absolute Gasteiger partial charge is 0.475 e. The molecule has 1 aromatic heterocycles. The van der Waals surface area contributed by atoms with E-state index in [4.69, 9.17) is 9.47 Å². The summed E-state index contributed by atoms with van der Waals surface area (Å²) in [7, 11) is -4.11. The van der Waals surface area contributed by atoms with E-state index in [9.17, 15) is 13.2 Å². The SMILES string of the molecule is Cc1cccc(C)c1-c1cc2nc(n1)NS(=O)(=O)c1cccc(c1)C(=O)N([C@H]1C[C@@H](N3CCOCC3)C1)[C@H](CC(C)C)CO2. The second kappa shape index (κ2) is 12.5. The molecular formula is C33H41N5O5S. The standard InChI is InChI=1S/C33H41N5O5S/c1-21(2)15-27-20-43-30-19-29(31-22(3)7-5-8-23(31)4)34-33(35-30)36-44(40,41)28-10-6-9-24(16-28)32(39)38(27)26-17-25(18-26)37-11-13-42-14-12-37/h5-10,16,19,21,25-27H,11-15,17-18,20H2,1-4H3,(H,34,35,36)/t25-,26+,27-/m1/s1. The number of carbonyl (C=O) groups excluding carboxylic acids is 1. The van der Waals surface area contributed by atoms with Gasteiger partial charge >= 0.3 is 0 Å². The lowest BCUT2D eigenvalue weighted by molar-refractivity contribution is -0.0382. The predicted octanol–water partition coefficient (Wildman–Crippen LogP) is 4.67. The van der Waals surface area contributed by atoms with Crippen LogP contribution in [0.5, 0.6) is 5.88 Å². The third-order valence-electron chi connectivity index (χ3n) is 8.90. The zero-order valence-corrected chi connectivity index (χ0v) is 26.6. The van der Waals surface area contributed by atoms with Crippen LogP contribution < -0.4 is 9.46 Å². The number of fused-ring (bicyclic) bond motifs is 4. The van der Waals surface area contributed by atoms with E-state index in [-0.39, 0.29) is 41.3 Å². The smallest absolute Gasteiger partial charge is 0.264 e. The maximum atomic E-state index is 14.3. The predicted molar refractivity (Wildman–Crippen MR) is 168 cm³/mol. The van der Waals surface area contributed by atoms with Crippen molar-refractivity contribution in [3.05, 3.63) is 65.2 Å². The molecule has 1 N–H and O–H groups in total. The average molecular weight is 620 g/mol. The highest BCUT2D eigenvalue weighted by molar-refractivity contribution is 7.92. The minimum Gasteiger partial charge on any atom is -0.475 e. The summed E-state index contributed by atoms with van der Waals surface area (Å²) >= 11 is 0. The molecule has 2 aliphatic heterocycles. The lowest BCUT2D eigenvalue weighted by Crippen LogP contribution is -2.60. The number of hydrogen-bond donors (Lipinski definition) is 1. The van der Waals surface area contributed by atoms with E-state index < -0.39 is 10.0 Å². The molecule has 1 saturated heterocycles. The van der Waals surface area contributed by atoms with E-state index in [2.05, 4.69) is 33.4 Å². The van der Waals surface area contributed by atoms with Gasteiger partial charge in [0.15, 0.2) is 0 Å². The van der Waals surface area contributed by atoms with Gasteiger partial charge in [-0.15, -0.1) is 0 Å². The van der Waals surface area contributed by atoms with E-state index >= 15 is 0 Å². The number of hydrogen-bond acceptors (Lipinski definition) is 8. The molecule has 44 heavy (non-hydrogen) atoms. The molecule has 6 rings (SSSR count). The summed E-state index contributed by atoms with van der Waals surface area (Å²) in [6, 6.07) is 14.1. The number of carbonyl (C=O) groups is 1. The van der Waals surface area contributed by atoms with E-state index in [1.54, 1.807) is 18.2 Å². The minimum atomic E-state index is -4.11. The van der Waals surface area contributed by atoms with Crippen LogP contribution in [0.1, 0.15) is 54.6 Å². The first kappa shape index (κ1) is 30.5. The summed E-state index contributed by atoms with van der Waals surface area (Å²) < 4.78 is 41.7. The van der Waals surface area contributed by atoms with Crippen molar-refractivity contribution in [1.29, 1.82) is 0 Å². The Kier molecular flexibility index (Phi) is 8.63. The fourth-order valence-electron chi connectivity index (χ4n) is 6.66. The van der Waals surface area contributed by atoms with Gasteiger partial charge in [-0.2, -0.15) is 4.98 Å². The number of rotatable bonds is 5. The number of amides is 1. The Morgan fingerprint density at radius 1 is 0.977 bits per heavy atom. The van der Waals surface area contributed by atoms with Crippen LogP contribution >= 0.6 is 0 Å². The Morgan fingerprint density at radius 2 is 1.68 bits per heavy atom. The molecule has 1 amide bonds. The highest BCUT2D eigenvalue weighted by atomic mass is 32.2. The molecule has 2 aromatic carbocycles. The fourth-order valence-corrected chi connectivity index (χ4v) is 7.65. The first-order valence-corrected chi connectivity index (χ1v) is 16.9. The first-order chi connectivity index (χ1) is 21.1. The number of morpholine rings is 1. The molecule has 1 atom stereocenters. The van der Waals surface area contributed by atoms with Crippen molar-refractivity contribution in [3.8, 4) is 17.1 Å². The number of nitrogens with zero attached hydrogens (tertiary/aromatic N) is 4. The van der Waals surface area contributed by atoms with Crippen molar-refractivity contribution < 1.29 is 22.7 Å². The summed E-state index contributed by atoms with van der Waals surface area (Å²) in [5, 5.41) is 0. The minimum absolute atomic E-state index is 0.0114. The third-order valence-corrected chi connectivity index (χ3v) is 10.2. The lowest BCUT2D eigenvalue weighted by Gasteiger charge is -2.50. The van der Waals surface area contributed by atoms with Crippen molar-refractivity contribution in [2.24, 2.45) is 5.92 Å². The van der Waals surface area contributed by atoms with Gasteiger partial charge in [0, 0.05) is 42.4 Å². The van der Waals surface area contributed by atoms with Crippen LogP contribution in [0.25, 0.3) is 11.3 Å². The van der Waals surface area contributed by atoms with Gasteiger partial charge in [0.1, 0.15) is 6.61 Å². The summed E-state index contributed by atoms with van der Waals surface area (Å²) in [5.41, 5.74) is 3.80. The van der Waals surface area contributed by atoms with Gasteiger partial charge in [0.25, 0.3) is 15.9 Å². The van der Waals surface area contributed by atoms with Gasteiger partial charge in [0.2, 0.25) is 11.8 Å². The number of nitrogens with one attached hydrogen (secondary N) is 1. The van der Waals surface area contributed by atoms with Crippen LogP contribution in [-0.2, 0) is 14.8 Å². The topological polar surface area (TPSA) is 114 Å². The molecule has 2 fully saturated rings. The Balaban J connectivity index is 1.42. The molecule has 1 aliphatic carbocycles.